The number of aromatic nitrogens is 3. The maximum absolute atomic E-state index is 13.8. The lowest BCUT2D eigenvalue weighted by atomic mass is 10.0. The van der Waals surface area contributed by atoms with E-state index in [4.69, 9.17) is 10.5 Å². The fraction of sp³-hybridized carbons (Fsp3) is 0.435. The van der Waals surface area contributed by atoms with Crippen LogP contribution in [0.15, 0.2) is 29.2 Å². The SMILES string of the molecule is CCCC(CC)n1c(=O)c(-c2cnc(COC)c(NS(C)(=O)=O)c2)cc2c(C)nc(N)cc21. The van der Waals surface area contributed by atoms with Crippen LogP contribution in [0.3, 0.4) is 0 Å². The van der Waals surface area contributed by atoms with Gasteiger partial charge in [-0.15, -0.1) is 0 Å². The van der Waals surface area contributed by atoms with E-state index in [1.54, 1.807) is 29.0 Å². The highest BCUT2D eigenvalue weighted by molar-refractivity contribution is 7.92. The van der Waals surface area contributed by atoms with Crippen molar-refractivity contribution < 1.29 is 13.2 Å². The van der Waals surface area contributed by atoms with Crippen LogP contribution < -0.4 is 16.0 Å². The number of nitrogens with zero attached hydrogens (tertiary/aromatic N) is 3. The molecule has 0 aliphatic carbocycles. The zero-order valence-electron chi connectivity index (χ0n) is 19.7. The van der Waals surface area contributed by atoms with Crippen LogP contribution in [0.2, 0.25) is 0 Å². The first-order valence-electron chi connectivity index (χ1n) is 10.9. The summed E-state index contributed by atoms with van der Waals surface area (Å²) in [5.74, 6) is 0.359. The molecule has 0 aliphatic heterocycles. The summed E-state index contributed by atoms with van der Waals surface area (Å²) in [7, 11) is -2.06. The van der Waals surface area contributed by atoms with Gasteiger partial charge in [-0.1, -0.05) is 20.3 Å². The van der Waals surface area contributed by atoms with Crippen molar-refractivity contribution in [3.8, 4) is 11.1 Å². The minimum absolute atomic E-state index is 0.0134. The van der Waals surface area contributed by atoms with Crippen molar-refractivity contribution >= 4 is 32.4 Å². The van der Waals surface area contributed by atoms with Gasteiger partial charge in [0.25, 0.3) is 5.56 Å². The van der Waals surface area contributed by atoms with Gasteiger partial charge in [-0.3, -0.25) is 14.5 Å². The summed E-state index contributed by atoms with van der Waals surface area (Å²) in [4.78, 5) is 22.6. The Morgan fingerprint density at radius 1 is 1.24 bits per heavy atom. The van der Waals surface area contributed by atoms with E-state index in [2.05, 4.69) is 28.5 Å². The van der Waals surface area contributed by atoms with Gasteiger partial charge < -0.3 is 15.0 Å². The first-order chi connectivity index (χ1) is 15.6. The molecule has 3 rings (SSSR count). The number of nitrogen functional groups attached to an aromatic ring is 1. The highest BCUT2D eigenvalue weighted by Crippen LogP contribution is 2.30. The molecule has 0 aromatic carbocycles. The molecule has 0 saturated heterocycles. The number of rotatable bonds is 9. The molecule has 3 N–H and O–H groups in total. The van der Waals surface area contributed by atoms with Gasteiger partial charge in [0, 0.05) is 47.6 Å². The maximum Gasteiger partial charge on any atom is 0.259 e. The molecular formula is C23H31N5O4S. The highest BCUT2D eigenvalue weighted by Gasteiger charge is 2.20. The molecule has 0 amide bonds. The van der Waals surface area contributed by atoms with Crippen LogP contribution in [0.5, 0.6) is 0 Å². The molecule has 0 saturated carbocycles. The number of nitrogens with one attached hydrogen (secondary N) is 1. The number of aryl methyl sites for hydroxylation is 1. The standard InChI is InChI=1S/C23H31N5O4S/c1-6-8-16(7-2)28-21-11-22(24)26-14(3)17(21)10-18(23(28)29)15-9-19(27-33(5,30)31)20(13-32-4)25-12-15/h9-12,16,27H,6-8,13H2,1-5H3,(H2,24,26). The van der Waals surface area contributed by atoms with Gasteiger partial charge in [0.15, 0.2) is 0 Å². The predicted molar refractivity (Wildman–Crippen MR) is 132 cm³/mol. The zero-order chi connectivity index (χ0) is 24.3. The van der Waals surface area contributed by atoms with Crippen LogP contribution in [0.4, 0.5) is 11.5 Å². The molecule has 1 unspecified atom stereocenters. The third-order valence-electron chi connectivity index (χ3n) is 5.56. The molecule has 3 aromatic heterocycles. The third-order valence-corrected chi connectivity index (χ3v) is 6.15. The van der Waals surface area contributed by atoms with Crippen molar-refractivity contribution in [2.24, 2.45) is 0 Å². The molecule has 9 nitrogen and oxygen atoms in total. The number of hydrogen-bond donors (Lipinski definition) is 2. The van der Waals surface area contributed by atoms with Crippen LogP contribution in [0.25, 0.3) is 22.0 Å². The Balaban J connectivity index is 2.35. The summed E-state index contributed by atoms with van der Waals surface area (Å²) in [5.41, 5.74) is 8.91. The molecule has 33 heavy (non-hydrogen) atoms. The molecule has 0 aliphatic rings. The largest absolute Gasteiger partial charge is 0.384 e. The first kappa shape index (κ1) is 24.7. The molecule has 0 bridgehead atoms. The zero-order valence-corrected chi connectivity index (χ0v) is 20.5. The molecule has 0 radical (unpaired) electrons. The van der Waals surface area contributed by atoms with Gasteiger partial charge >= 0.3 is 0 Å². The van der Waals surface area contributed by atoms with E-state index in [0.717, 1.165) is 36.4 Å². The second kappa shape index (κ2) is 9.88. The number of anilines is 2. The van der Waals surface area contributed by atoms with E-state index in [1.807, 2.05) is 6.92 Å². The number of methoxy groups -OCH3 is 1. The second-order valence-electron chi connectivity index (χ2n) is 8.17. The van der Waals surface area contributed by atoms with Gasteiger partial charge in [-0.25, -0.2) is 13.4 Å². The molecule has 178 valence electrons. The Morgan fingerprint density at radius 2 is 1.97 bits per heavy atom. The van der Waals surface area contributed by atoms with E-state index in [9.17, 15) is 13.2 Å². The average Bonchev–Trinajstić information content (AvgIpc) is 2.72. The lowest BCUT2D eigenvalue weighted by molar-refractivity contribution is 0.182. The number of hydrogen-bond acceptors (Lipinski definition) is 7. The molecule has 3 aromatic rings. The lowest BCUT2D eigenvalue weighted by Crippen LogP contribution is -2.27. The predicted octanol–water partition coefficient (Wildman–Crippen LogP) is 3.62. The van der Waals surface area contributed by atoms with Crippen molar-refractivity contribution in [2.75, 3.05) is 23.8 Å². The van der Waals surface area contributed by atoms with Crippen LogP contribution >= 0.6 is 0 Å². The maximum atomic E-state index is 13.8. The fourth-order valence-electron chi connectivity index (χ4n) is 4.11. The van der Waals surface area contributed by atoms with E-state index in [0.29, 0.717) is 28.3 Å². The van der Waals surface area contributed by atoms with Crippen molar-refractivity contribution in [1.82, 2.24) is 14.5 Å². The van der Waals surface area contributed by atoms with Gasteiger partial charge in [-0.05, 0) is 31.9 Å². The molecule has 0 spiro atoms. The Bertz CT molecular complexity index is 1330. The molecular weight excluding hydrogens is 442 g/mol. The van der Waals surface area contributed by atoms with Gasteiger partial charge in [0.2, 0.25) is 10.0 Å². The normalized spacial score (nSPS) is 12.8. The highest BCUT2D eigenvalue weighted by atomic mass is 32.2. The van der Waals surface area contributed by atoms with Crippen molar-refractivity contribution in [1.29, 1.82) is 0 Å². The summed E-state index contributed by atoms with van der Waals surface area (Å²) >= 11 is 0. The van der Waals surface area contributed by atoms with Gasteiger partial charge in [0.1, 0.15) is 5.82 Å². The first-order valence-corrected chi connectivity index (χ1v) is 12.8. The van der Waals surface area contributed by atoms with Crippen molar-refractivity contribution in [3.05, 3.63) is 46.1 Å². The monoisotopic (exact) mass is 473 g/mol. The average molecular weight is 474 g/mol. The minimum atomic E-state index is -3.56. The van der Waals surface area contributed by atoms with Crippen LogP contribution in [0.1, 0.15) is 50.5 Å². The van der Waals surface area contributed by atoms with Crippen LogP contribution in [0, 0.1) is 6.92 Å². The summed E-state index contributed by atoms with van der Waals surface area (Å²) in [6.07, 6.45) is 5.17. The number of ether oxygens (including phenoxy) is 1. The van der Waals surface area contributed by atoms with Crippen LogP contribution in [-0.2, 0) is 21.4 Å². The number of pyridine rings is 3. The number of fused-ring (bicyclic) bond motifs is 1. The van der Waals surface area contributed by atoms with Gasteiger partial charge in [-0.2, -0.15) is 0 Å². The lowest BCUT2D eigenvalue weighted by Gasteiger charge is -2.22. The van der Waals surface area contributed by atoms with E-state index < -0.39 is 10.0 Å². The Kier molecular flexibility index (Phi) is 7.38. The summed E-state index contributed by atoms with van der Waals surface area (Å²) in [6.45, 7) is 6.12. The van der Waals surface area contributed by atoms with Crippen LogP contribution in [-0.4, -0.2) is 36.3 Å². The minimum Gasteiger partial charge on any atom is -0.384 e. The summed E-state index contributed by atoms with van der Waals surface area (Å²) in [5, 5.41) is 0.812. The van der Waals surface area contributed by atoms with E-state index in [-0.39, 0.29) is 23.9 Å². The number of sulfonamides is 1. The van der Waals surface area contributed by atoms with E-state index >= 15 is 0 Å². The van der Waals surface area contributed by atoms with Crippen molar-refractivity contribution in [3.63, 3.8) is 0 Å². The summed E-state index contributed by atoms with van der Waals surface area (Å²) in [6, 6.07) is 5.13. The number of nitrogens with two attached hydrogens (primary N) is 1. The molecule has 1 atom stereocenters. The van der Waals surface area contributed by atoms with Crippen molar-refractivity contribution in [2.45, 2.75) is 52.7 Å². The fourth-order valence-corrected chi connectivity index (χ4v) is 4.69. The Hall–Kier alpha value is -2.98. The molecule has 10 heteroatoms. The molecule has 0 fully saturated rings. The smallest absolute Gasteiger partial charge is 0.259 e. The third kappa shape index (κ3) is 5.33. The molecule has 3 heterocycles. The quantitative estimate of drug-likeness (QED) is 0.485. The topological polar surface area (TPSA) is 129 Å². The second-order valence-corrected chi connectivity index (χ2v) is 9.92. The van der Waals surface area contributed by atoms with Gasteiger partial charge in [0.05, 0.1) is 29.8 Å². The Labute approximate surface area is 194 Å². The Morgan fingerprint density at radius 3 is 2.58 bits per heavy atom. The van der Waals surface area contributed by atoms with E-state index in [1.165, 1.54) is 7.11 Å². The summed E-state index contributed by atoms with van der Waals surface area (Å²) < 4.78 is 33.2.